The number of piperidine rings is 3. The van der Waals surface area contributed by atoms with Gasteiger partial charge in [0.1, 0.15) is 12.2 Å². The van der Waals surface area contributed by atoms with E-state index in [1.807, 2.05) is 19.6 Å². The summed E-state index contributed by atoms with van der Waals surface area (Å²) in [4.78, 5) is 64.2. The van der Waals surface area contributed by atoms with Crippen LogP contribution in [0.5, 0.6) is 0 Å². The summed E-state index contributed by atoms with van der Waals surface area (Å²) in [5.74, 6) is 1.60. The molecule has 0 spiro atoms. The van der Waals surface area contributed by atoms with E-state index in [4.69, 9.17) is 49.0 Å². The molecule has 9 heterocycles. The molecule has 3 aromatic rings. The van der Waals surface area contributed by atoms with Gasteiger partial charge in [0.15, 0.2) is 0 Å². The average molecular weight is 1640 g/mol. The van der Waals surface area contributed by atoms with Gasteiger partial charge in [-0.15, -0.1) is 0 Å². The van der Waals surface area contributed by atoms with Crippen LogP contribution < -0.4 is 0 Å². The number of morpholine rings is 3. The molecular formula is C81H109Cl3N8O15S3. The van der Waals surface area contributed by atoms with Gasteiger partial charge in [0.25, 0.3) is 11.8 Å². The van der Waals surface area contributed by atoms with Crippen molar-refractivity contribution in [3.63, 3.8) is 0 Å². The summed E-state index contributed by atoms with van der Waals surface area (Å²) < 4.78 is 107. The first kappa shape index (κ1) is 78.4. The van der Waals surface area contributed by atoms with Crippen LogP contribution in [-0.2, 0) is 63.5 Å². The van der Waals surface area contributed by atoms with Crippen molar-refractivity contribution in [1.82, 2.24) is 37.4 Å². The molecular weight excluding hydrogens is 1530 g/mol. The quantitative estimate of drug-likeness (QED) is 0.113. The first-order chi connectivity index (χ1) is 52.8. The largest absolute Gasteiger partial charge is 0.383 e. The fourth-order valence-electron chi connectivity index (χ4n) is 22.0. The molecule has 16 fully saturated rings. The van der Waals surface area contributed by atoms with E-state index in [1.54, 1.807) is 92.6 Å². The second-order valence-electron chi connectivity index (χ2n) is 35.8. The first-order valence-corrected chi connectivity index (χ1v) is 46.6. The Bertz CT molecular complexity index is 4240. The second kappa shape index (κ2) is 30.8. The Labute approximate surface area is 663 Å². The molecule has 16 aliphatic rings. The number of amides is 4. The summed E-state index contributed by atoms with van der Waals surface area (Å²) in [6.45, 7) is 8.30. The second-order valence-corrected chi connectivity index (χ2v) is 42.6. The summed E-state index contributed by atoms with van der Waals surface area (Å²) in [6.07, 6.45) is 21.0. The predicted octanol–water partition coefficient (Wildman–Crippen LogP) is 9.46. The Balaban J connectivity index is 0.000000121. The van der Waals surface area contributed by atoms with Crippen molar-refractivity contribution in [3.8, 4) is 0 Å². The van der Waals surface area contributed by atoms with Gasteiger partial charge in [-0.2, -0.15) is 12.9 Å². The molecule has 7 aliphatic carbocycles. The Hall–Kier alpha value is -4.10. The number of aliphatic hydroxyl groups is 2. The molecule has 8 unspecified atom stereocenters. The molecule has 602 valence electrons. The lowest BCUT2D eigenvalue weighted by atomic mass is 9.86. The van der Waals surface area contributed by atoms with Crippen LogP contribution in [0.25, 0.3) is 0 Å². The Morgan fingerprint density at radius 2 is 0.818 bits per heavy atom. The van der Waals surface area contributed by atoms with Crippen LogP contribution in [0.2, 0.25) is 15.1 Å². The summed E-state index contributed by atoms with van der Waals surface area (Å²) in [5, 5.41) is 24.7. The molecule has 9 aliphatic heterocycles. The molecule has 29 heteroatoms. The highest BCUT2D eigenvalue weighted by molar-refractivity contribution is 7.89. The van der Waals surface area contributed by atoms with Crippen LogP contribution in [0.15, 0.2) is 87.5 Å². The topological polar surface area (TPSA) is 265 Å². The summed E-state index contributed by atoms with van der Waals surface area (Å²) >= 11 is 18.1. The third-order valence-electron chi connectivity index (χ3n) is 28.9. The maximum absolute atomic E-state index is 14.2. The third-order valence-corrected chi connectivity index (χ3v) is 35.5. The minimum absolute atomic E-state index is 0.0741. The summed E-state index contributed by atoms with van der Waals surface area (Å²) in [5.41, 5.74) is -2.01. The lowest BCUT2D eigenvalue weighted by Crippen LogP contribution is -2.63. The van der Waals surface area contributed by atoms with Gasteiger partial charge in [0, 0.05) is 95.6 Å². The van der Waals surface area contributed by atoms with Gasteiger partial charge in [-0.25, -0.2) is 25.3 Å². The van der Waals surface area contributed by atoms with Gasteiger partial charge in [0.05, 0.1) is 90.6 Å². The SMILES string of the molecule is CC(=O)N1C2CCC1CN(C(=O)CC1([C@H]3COC[C@@H](C4CC4)N3S(=O)(=O)c3ccc(Cl)cc3)CC1)C2.O=C(C(O)C1([C@H]2COC[C@@H](C3CC3)N2S(=O)(=O)c2ccc(Cl)cc2)CC1)N1C2CCC1CC(N1CCCCC1)C2.O=C(C(O)C1([C@H]2COC[C@@H](C3CC3)N2S(=O)(=O)c2ccc(Cl)cc2)CC1)N1CC2CCC(C2)C1. The van der Waals surface area contributed by atoms with E-state index in [2.05, 4.69) is 4.90 Å². The number of carbonyl (C=O) groups is 4. The standard InChI is InChI=1S/C30H42ClN3O5S.C26H34ClN3O5S.C25H33ClN2O5S/c31-21-6-10-25(11-7-21)40(37,38)34-26(20-4-5-20)18-39-19-27(34)30(12-13-30)28(35)29(36)33-22-8-9-23(33)17-24(16-22)32-14-2-1-3-15-32;1-17(31)29-20-6-7-21(29)14-28(13-20)25(32)12-26(10-11-26)24-16-35-15-23(18-2-3-18)30(24)36(33,34)22-8-4-19(27)5-9-22;26-19-5-7-20(8-6-19)34(31,32)28-21(18-3-4-18)14-33-15-22(28)25(9-10-25)23(29)24(30)27-12-16-1-2-17(11-16)13-27/h6-7,10-11,20,22-24,26-28,35H,1-5,8-9,12-19H2;4-5,8-9,18,20-21,23-24H,2-3,6-7,10-16H2,1H3;5-8,16-18,21-23,29H,1-4,9-15H2/t22?,23?,24?,26-,27+,28?;20?,21?,23-,24+;16?,17?,21-,22+,23?/m000/s1. The van der Waals surface area contributed by atoms with E-state index in [0.29, 0.717) is 124 Å². The third kappa shape index (κ3) is 15.1. The number of hydrogen-bond acceptors (Lipinski definition) is 16. The minimum atomic E-state index is -3.89. The Kier molecular flexibility index (Phi) is 21.9. The van der Waals surface area contributed by atoms with Crippen LogP contribution in [-0.4, -0.2) is 254 Å². The van der Waals surface area contributed by atoms with E-state index in [1.165, 1.54) is 25.7 Å². The monoisotopic (exact) mass is 1630 g/mol. The molecule has 0 aromatic heterocycles. The number of rotatable bonds is 19. The van der Waals surface area contributed by atoms with E-state index in [-0.39, 0.29) is 112 Å². The Morgan fingerprint density at radius 1 is 0.436 bits per heavy atom. The molecule has 7 saturated carbocycles. The molecule has 3 aromatic carbocycles. The van der Waals surface area contributed by atoms with Crippen molar-refractivity contribution < 1.29 is 68.9 Å². The minimum Gasteiger partial charge on any atom is -0.383 e. The maximum Gasteiger partial charge on any atom is 0.252 e. The fourth-order valence-corrected chi connectivity index (χ4v) is 28.1. The molecule has 6 bridgehead atoms. The molecule has 0 radical (unpaired) electrons. The van der Waals surface area contributed by atoms with E-state index < -0.39 is 70.6 Å². The van der Waals surface area contributed by atoms with Gasteiger partial charge < -0.3 is 48.9 Å². The normalized spacial score (nSPS) is 33.9. The summed E-state index contributed by atoms with van der Waals surface area (Å²) in [7, 11) is -11.5. The Morgan fingerprint density at radius 3 is 1.20 bits per heavy atom. The number of halogens is 3. The van der Waals surface area contributed by atoms with Crippen LogP contribution in [0.3, 0.4) is 0 Å². The highest BCUT2D eigenvalue weighted by Gasteiger charge is 2.67. The molecule has 4 amide bonds. The van der Waals surface area contributed by atoms with Crippen LogP contribution in [0.4, 0.5) is 0 Å². The zero-order valence-corrected chi connectivity index (χ0v) is 67.8. The number of carbonyl (C=O) groups excluding carboxylic acids is 4. The van der Waals surface area contributed by atoms with Gasteiger partial charge in [-0.05, 0) is 269 Å². The number of nitrogens with zero attached hydrogens (tertiary/aromatic N) is 8. The van der Waals surface area contributed by atoms with Crippen LogP contribution in [0, 0.1) is 45.8 Å². The number of piperazine rings is 1. The van der Waals surface area contributed by atoms with Crippen molar-refractivity contribution in [1.29, 1.82) is 0 Å². The lowest BCUT2D eigenvalue weighted by molar-refractivity contribution is -0.154. The van der Waals surface area contributed by atoms with E-state index in [9.17, 15) is 54.6 Å². The zero-order valence-electron chi connectivity index (χ0n) is 63.1. The van der Waals surface area contributed by atoms with Crippen molar-refractivity contribution in [3.05, 3.63) is 87.9 Å². The smallest absolute Gasteiger partial charge is 0.252 e. The first-order valence-electron chi connectivity index (χ1n) is 41.2. The predicted molar refractivity (Wildman–Crippen MR) is 412 cm³/mol. The number of fused-ring (bicyclic) bond motifs is 6. The molecule has 2 N–H and O–H groups in total. The van der Waals surface area contributed by atoms with Crippen molar-refractivity contribution in [2.45, 2.75) is 261 Å². The number of aliphatic hydroxyl groups excluding tert-OH is 2. The molecule has 19 rings (SSSR count). The number of benzene rings is 3. The molecule has 110 heavy (non-hydrogen) atoms. The lowest BCUT2D eigenvalue weighted by Gasteiger charge is -2.48. The fraction of sp³-hybridized carbons (Fsp3) is 0.728. The average Bonchev–Trinajstić information content (AvgIpc) is 1.54. The zero-order chi connectivity index (χ0) is 76.6. The van der Waals surface area contributed by atoms with Gasteiger partial charge in [-0.1, -0.05) is 41.2 Å². The van der Waals surface area contributed by atoms with Gasteiger partial charge >= 0.3 is 0 Å². The van der Waals surface area contributed by atoms with Gasteiger partial charge in [-0.3, -0.25) is 19.2 Å². The molecule has 14 atom stereocenters. The van der Waals surface area contributed by atoms with E-state index in [0.717, 1.165) is 116 Å². The molecule has 9 saturated heterocycles. The van der Waals surface area contributed by atoms with Crippen LogP contribution >= 0.6 is 34.8 Å². The van der Waals surface area contributed by atoms with Crippen LogP contribution in [0.1, 0.15) is 167 Å². The highest BCUT2D eigenvalue weighted by Crippen LogP contribution is 2.61. The van der Waals surface area contributed by atoms with Gasteiger partial charge in [0.2, 0.25) is 41.9 Å². The molecule has 23 nitrogen and oxygen atoms in total. The van der Waals surface area contributed by atoms with Crippen molar-refractivity contribution >= 4 is 88.5 Å². The maximum atomic E-state index is 14.2. The van der Waals surface area contributed by atoms with Crippen molar-refractivity contribution in [2.24, 2.45) is 45.8 Å². The number of hydrogen-bond donors (Lipinski definition) is 2. The van der Waals surface area contributed by atoms with E-state index >= 15 is 0 Å². The summed E-state index contributed by atoms with van der Waals surface area (Å²) in [6, 6.07) is 17.7. The number of ether oxygens (including phenoxy) is 3. The number of likely N-dealkylation sites (tertiary alicyclic amines) is 3. The highest BCUT2D eigenvalue weighted by atomic mass is 35.5. The number of sulfonamides is 3. The van der Waals surface area contributed by atoms with Crippen molar-refractivity contribution in [2.75, 3.05) is 78.9 Å².